The van der Waals surface area contributed by atoms with E-state index in [1.54, 1.807) is 14.0 Å². The number of carbonyl (C=O) groups excluding carboxylic acids is 2. The molecule has 5 heteroatoms. The molecular formula is C22H22N2O3. The second-order valence-electron chi connectivity index (χ2n) is 7.22. The average Bonchev–Trinajstić information content (AvgIpc) is 3.10. The smallest absolute Gasteiger partial charge is 0.257 e. The number of para-hydroxylation sites is 1. The van der Waals surface area contributed by atoms with Crippen molar-refractivity contribution in [3.05, 3.63) is 64.9 Å². The third-order valence-corrected chi connectivity index (χ3v) is 5.51. The summed E-state index contributed by atoms with van der Waals surface area (Å²) in [4.78, 5) is 29.3. The number of aromatic nitrogens is 1. The first-order valence-corrected chi connectivity index (χ1v) is 9.06. The number of hydrogen-bond donors (Lipinski definition) is 2. The van der Waals surface area contributed by atoms with Crippen LogP contribution in [0, 0.1) is 12.8 Å². The summed E-state index contributed by atoms with van der Waals surface area (Å²) in [5.74, 6) is -0.226. The number of H-pyrrole nitrogens is 1. The number of aliphatic hydroxyl groups is 1. The van der Waals surface area contributed by atoms with Crippen molar-refractivity contribution in [2.45, 2.75) is 26.5 Å². The Kier molecular flexibility index (Phi) is 4.12. The summed E-state index contributed by atoms with van der Waals surface area (Å²) in [6.07, 6.45) is 5.23. The van der Waals surface area contributed by atoms with Crippen molar-refractivity contribution < 1.29 is 14.7 Å². The van der Waals surface area contributed by atoms with Crippen LogP contribution < -0.4 is 0 Å². The lowest BCUT2D eigenvalue weighted by atomic mass is 9.87. The SMILES string of the molecule is CC(=O)C1C=CC(C2=C(c3c(C)[nH]c4ccccc34)C(=O)N(C)C2O)=CC1. The summed E-state index contributed by atoms with van der Waals surface area (Å²) < 4.78 is 0. The number of ketones is 1. The summed E-state index contributed by atoms with van der Waals surface area (Å²) in [6.45, 7) is 3.52. The predicted octanol–water partition coefficient (Wildman–Crippen LogP) is 3.11. The summed E-state index contributed by atoms with van der Waals surface area (Å²) in [6, 6.07) is 7.84. The first-order chi connectivity index (χ1) is 12.9. The van der Waals surface area contributed by atoms with Crippen LogP contribution in [0.5, 0.6) is 0 Å². The van der Waals surface area contributed by atoms with E-state index >= 15 is 0 Å². The average molecular weight is 362 g/mol. The largest absolute Gasteiger partial charge is 0.369 e. The molecule has 1 amide bonds. The molecule has 0 radical (unpaired) electrons. The van der Waals surface area contributed by atoms with Gasteiger partial charge in [0.15, 0.2) is 6.23 Å². The fourth-order valence-electron chi connectivity index (χ4n) is 3.98. The molecule has 4 rings (SSSR count). The second-order valence-corrected chi connectivity index (χ2v) is 7.22. The predicted molar refractivity (Wildman–Crippen MR) is 105 cm³/mol. The molecule has 138 valence electrons. The molecule has 2 N–H and O–H groups in total. The molecular weight excluding hydrogens is 340 g/mol. The lowest BCUT2D eigenvalue weighted by Crippen LogP contribution is -2.31. The molecule has 0 spiro atoms. The number of Topliss-reactive ketones (excluding diaryl/α,β-unsaturated/α-hetero) is 1. The molecule has 2 aromatic rings. The quantitative estimate of drug-likeness (QED) is 0.881. The van der Waals surface area contributed by atoms with E-state index in [0.717, 1.165) is 27.7 Å². The van der Waals surface area contributed by atoms with Gasteiger partial charge in [-0.2, -0.15) is 0 Å². The van der Waals surface area contributed by atoms with Crippen LogP contribution in [0.3, 0.4) is 0 Å². The van der Waals surface area contributed by atoms with Crippen LogP contribution >= 0.6 is 0 Å². The second kappa shape index (κ2) is 6.35. The van der Waals surface area contributed by atoms with E-state index in [-0.39, 0.29) is 17.6 Å². The number of benzene rings is 1. The number of aryl methyl sites for hydroxylation is 1. The minimum Gasteiger partial charge on any atom is -0.369 e. The first-order valence-electron chi connectivity index (χ1n) is 9.06. The van der Waals surface area contributed by atoms with E-state index in [9.17, 15) is 14.7 Å². The number of carbonyl (C=O) groups is 2. The van der Waals surface area contributed by atoms with Crippen molar-refractivity contribution in [1.82, 2.24) is 9.88 Å². The molecule has 2 aliphatic rings. The van der Waals surface area contributed by atoms with Crippen LogP contribution in [0.25, 0.3) is 16.5 Å². The van der Waals surface area contributed by atoms with Gasteiger partial charge in [-0.3, -0.25) is 9.59 Å². The Hall–Kier alpha value is -2.92. The molecule has 2 unspecified atom stereocenters. The highest BCUT2D eigenvalue weighted by atomic mass is 16.3. The van der Waals surface area contributed by atoms with E-state index < -0.39 is 6.23 Å². The summed E-state index contributed by atoms with van der Waals surface area (Å²) >= 11 is 0. The van der Waals surface area contributed by atoms with Crippen LogP contribution in [0.2, 0.25) is 0 Å². The van der Waals surface area contributed by atoms with Crippen molar-refractivity contribution in [3.63, 3.8) is 0 Å². The molecule has 5 nitrogen and oxygen atoms in total. The Bertz CT molecular complexity index is 1050. The van der Waals surface area contributed by atoms with Crippen LogP contribution in [0.4, 0.5) is 0 Å². The van der Waals surface area contributed by atoms with E-state index in [2.05, 4.69) is 4.98 Å². The van der Waals surface area contributed by atoms with E-state index in [4.69, 9.17) is 0 Å². The number of rotatable bonds is 3. The van der Waals surface area contributed by atoms with Crippen molar-refractivity contribution in [3.8, 4) is 0 Å². The lowest BCUT2D eigenvalue weighted by Gasteiger charge is -2.20. The monoisotopic (exact) mass is 362 g/mol. The van der Waals surface area contributed by atoms with E-state index in [1.807, 2.05) is 49.4 Å². The highest BCUT2D eigenvalue weighted by molar-refractivity contribution is 6.27. The van der Waals surface area contributed by atoms with Gasteiger partial charge < -0.3 is 15.0 Å². The van der Waals surface area contributed by atoms with Gasteiger partial charge in [-0.1, -0.05) is 36.4 Å². The topological polar surface area (TPSA) is 73.4 Å². The maximum absolute atomic E-state index is 13.0. The Balaban J connectivity index is 1.92. The molecule has 1 aliphatic heterocycles. The van der Waals surface area contributed by atoms with Gasteiger partial charge in [0, 0.05) is 40.7 Å². The van der Waals surface area contributed by atoms with Gasteiger partial charge in [-0.25, -0.2) is 0 Å². The number of nitrogens with one attached hydrogen (secondary N) is 1. The third kappa shape index (κ3) is 2.66. The van der Waals surface area contributed by atoms with Crippen molar-refractivity contribution in [2.24, 2.45) is 5.92 Å². The molecule has 1 aromatic carbocycles. The van der Waals surface area contributed by atoms with Gasteiger partial charge in [-0.15, -0.1) is 0 Å². The Morgan fingerprint density at radius 2 is 2.04 bits per heavy atom. The third-order valence-electron chi connectivity index (χ3n) is 5.51. The van der Waals surface area contributed by atoms with Crippen LogP contribution in [0.1, 0.15) is 24.6 Å². The number of aromatic amines is 1. The zero-order valence-electron chi connectivity index (χ0n) is 15.6. The highest BCUT2D eigenvalue weighted by Gasteiger charge is 2.39. The van der Waals surface area contributed by atoms with E-state index in [1.165, 1.54) is 4.90 Å². The van der Waals surface area contributed by atoms with Crippen molar-refractivity contribution in [2.75, 3.05) is 7.05 Å². The molecule has 2 heterocycles. The van der Waals surface area contributed by atoms with Gasteiger partial charge in [0.05, 0.1) is 5.57 Å². The summed E-state index contributed by atoms with van der Waals surface area (Å²) in [5.41, 5.74) is 4.61. The first kappa shape index (κ1) is 17.5. The molecule has 1 aliphatic carbocycles. The zero-order valence-corrected chi connectivity index (χ0v) is 15.6. The number of likely N-dealkylation sites (N-methyl/N-ethyl adjacent to an activating group) is 1. The number of aliphatic hydroxyl groups excluding tert-OH is 1. The van der Waals surface area contributed by atoms with Crippen LogP contribution in [-0.2, 0) is 9.59 Å². The lowest BCUT2D eigenvalue weighted by molar-refractivity contribution is -0.128. The molecule has 0 fully saturated rings. The van der Waals surface area contributed by atoms with Crippen LogP contribution in [-0.4, -0.2) is 40.0 Å². The highest BCUT2D eigenvalue weighted by Crippen LogP contribution is 2.41. The van der Waals surface area contributed by atoms with Crippen LogP contribution in [0.15, 0.2) is 53.6 Å². The molecule has 2 atom stereocenters. The van der Waals surface area contributed by atoms with Gasteiger partial charge in [-0.05, 0) is 31.9 Å². The molecule has 0 bridgehead atoms. The fourth-order valence-corrected chi connectivity index (χ4v) is 3.98. The van der Waals surface area contributed by atoms with E-state index in [0.29, 0.717) is 17.6 Å². The summed E-state index contributed by atoms with van der Waals surface area (Å²) in [5, 5.41) is 11.7. The maximum Gasteiger partial charge on any atom is 0.257 e. The standard InChI is InChI=1S/C22H22N2O3/c1-12-18(16-6-4-5-7-17(16)23-12)20-19(21(26)24(3)22(20)27)15-10-8-14(9-11-15)13(2)25/h4-8,10-11,14,21,23,26H,9H2,1-3H3. The Labute approximate surface area is 157 Å². The van der Waals surface area contributed by atoms with Crippen molar-refractivity contribution in [1.29, 1.82) is 0 Å². The number of nitrogens with zero attached hydrogens (tertiary/aromatic N) is 1. The molecule has 0 saturated carbocycles. The molecule has 27 heavy (non-hydrogen) atoms. The minimum absolute atomic E-state index is 0.114. The molecule has 1 aromatic heterocycles. The minimum atomic E-state index is -1.01. The van der Waals surface area contributed by atoms with Gasteiger partial charge in [0.25, 0.3) is 5.91 Å². The number of amides is 1. The zero-order chi connectivity index (χ0) is 19.3. The fraction of sp³-hybridized carbons (Fsp3) is 0.273. The van der Waals surface area contributed by atoms with Gasteiger partial charge in [0.2, 0.25) is 0 Å². The Morgan fingerprint density at radius 3 is 2.70 bits per heavy atom. The Morgan fingerprint density at radius 1 is 1.30 bits per heavy atom. The summed E-state index contributed by atoms with van der Waals surface area (Å²) in [7, 11) is 1.61. The maximum atomic E-state index is 13.0. The normalized spacial score (nSPS) is 22.7. The van der Waals surface area contributed by atoms with Gasteiger partial charge in [0.1, 0.15) is 5.78 Å². The van der Waals surface area contributed by atoms with Gasteiger partial charge >= 0.3 is 0 Å². The molecule has 0 saturated heterocycles. The number of allylic oxidation sites excluding steroid dienone is 3. The number of hydrogen-bond acceptors (Lipinski definition) is 3. The van der Waals surface area contributed by atoms with Crippen molar-refractivity contribution >= 4 is 28.2 Å². The number of fused-ring (bicyclic) bond motifs is 1.